The van der Waals surface area contributed by atoms with Crippen molar-refractivity contribution in [3.8, 4) is 6.07 Å². The Bertz CT molecular complexity index is 919. The minimum Gasteiger partial charge on any atom is -0.326 e. The molecule has 4 rings (SSSR count). The van der Waals surface area contributed by atoms with Crippen molar-refractivity contribution in [3.63, 3.8) is 0 Å². The van der Waals surface area contributed by atoms with E-state index in [9.17, 15) is 32.0 Å². The Morgan fingerprint density at radius 1 is 1.09 bits per heavy atom. The molecule has 2 aliphatic carbocycles. The van der Waals surface area contributed by atoms with Gasteiger partial charge in [0.05, 0.1) is 11.5 Å². The predicted molar refractivity (Wildman–Crippen MR) is 112 cm³/mol. The van der Waals surface area contributed by atoms with Crippen molar-refractivity contribution in [1.82, 2.24) is 4.90 Å². The van der Waals surface area contributed by atoms with E-state index in [2.05, 4.69) is 16.3 Å². The molecule has 0 aromatic heterocycles. The summed E-state index contributed by atoms with van der Waals surface area (Å²) in [6, 6.07) is 5.18. The molecule has 1 aromatic carbocycles. The molecule has 1 aromatic rings. The highest BCUT2D eigenvalue weighted by molar-refractivity contribution is 5.92. The predicted octanol–water partition coefficient (Wildman–Crippen LogP) is 5.91. The van der Waals surface area contributed by atoms with E-state index in [0.717, 1.165) is 44.1 Å². The highest BCUT2D eigenvalue weighted by Gasteiger charge is 2.50. The molecule has 1 saturated heterocycles. The van der Waals surface area contributed by atoms with Gasteiger partial charge in [-0.15, -0.1) is 0 Å². The third kappa shape index (κ3) is 5.32. The maximum absolute atomic E-state index is 13.6. The van der Waals surface area contributed by atoms with Crippen LogP contribution >= 0.6 is 0 Å². The Kier molecular flexibility index (Phi) is 6.43. The topological polar surface area (TPSA) is 56.1 Å². The van der Waals surface area contributed by atoms with E-state index in [1.165, 1.54) is 0 Å². The minimum absolute atomic E-state index is 0.0327. The molecule has 3 aliphatic rings. The summed E-state index contributed by atoms with van der Waals surface area (Å²) in [5.74, 6) is -4.05. The maximum atomic E-state index is 13.6. The first-order valence-electron chi connectivity index (χ1n) is 11.4. The highest BCUT2D eigenvalue weighted by atomic mass is 19.3. The first kappa shape index (κ1) is 23.9. The number of hydrogen-bond donors (Lipinski definition) is 1. The summed E-state index contributed by atoms with van der Waals surface area (Å²) in [5, 5.41) is 12.2. The van der Waals surface area contributed by atoms with Crippen molar-refractivity contribution >= 4 is 11.6 Å². The molecule has 9 heteroatoms. The molecule has 1 spiro atoms. The van der Waals surface area contributed by atoms with Gasteiger partial charge >= 0.3 is 0 Å². The number of amides is 1. The van der Waals surface area contributed by atoms with Gasteiger partial charge in [-0.2, -0.15) is 5.26 Å². The molecule has 1 N–H and O–H groups in total. The van der Waals surface area contributed by atoms with Crippen molar-refractivity contribution in [3.05, 3.63) is 29.6 Å². The lowest BCUT2D eigenvalue weighted by molar-refractivity contribution is -0.124. The largest absolute Gasteiger partial charge is 0.326 e. The number of halogens is 5. The molecule has 180 valence electrons. The van der Waals surface area contributed by atoms with Crippen LogP contribution in [0.25, 0.3) is 0 Å². The third-order valence-corrected chi connectivity index (χ3v) is 7.68. The summed E-state index contributed by atoms with van der Waals surface area (Å²) in [4.78, 5) is 14.8. The van der Waals surface area contributed by atoms with Crippen molar-refractivity contribution in [2.45, 2.75) is 63.7 Å². The third-order valence-electron chi connectivity index (χ3n) is 7.68. The number of carbonyl (C=O) groups excluding carboxylic acids is 1. The van der Waals surface area contributed by atoms with Crippen LogP contribution in [-0.2, 0) is 4.79 Å². The molecule has 0 bridgehead atoms. The zero-order chi connectivity index (χ0) is 23.9. The lowest BCUT2D eigenvalue weighted by Gasteiger charge is -2.55. The Labute approximate surface area is 190 Å². The van der Waals surface area contributed by atoms with Crippen LogP contribution in [0.5, 0.6) is 0 Å². The normalized spacial score (nSPS) is 24.3. The van der Waals surface area contributed by atoms with Gasteiger partial charge in [0.15, 0.2) is 0 Å². The molecule has 4 nitrogen and oxygen atoms in total. The zero-order valence-corrected chi connectivity index (χ0v) is 18.4. The van der Waals surface area contributed by atoms with Gasteiger partial charge in [0.1, 0.15) is 5.82 Å². The van der Waals surface area contributed by atoms with Crippen LogP contribution in [0.15, 0.2) is 18.2 Å². The van der Waals surface area contributed by atoms with Gasteiger partial charge in [0.2, 0.25) is 11.8 Å². The molecule has 1 heterocycles. The van der Waals surface area contributed by atoms with Crippen molar-refractivity contribution in [2.75, 3.05) is 25.0 Å². The van der Waals surface area contributed by atoms with E-state index < -0.39 is 29.1 Å². The van der Waals surface area contributed by atoms with Crippen LogP contribution in [0.3, 0.4) is 0 Å². The molecule has 2 saturated carbocycles. The van der Waals surface area contributed by atoms with Crippen molar-refractivity contribution in [2.24, 2.45) is 16.7 Å². The summed E-state index contributed by atoms with van der Waals surface area (Å²) in [5.41, 5.74) is -1.07. The van der Waals surface area contributed by atoms with E-state index in [-0.39, 0.29) is 48.6 Å². The molecular weight excluding hydrogens is 441 g/mol. The average molecular weight is 469 g/mol. The fourth-order valence-electron chi connectivity index (χ4n) is 5.71. The standard InChI is InChI=1S/C24H28F5N3O/c25-18-9-17(20(26)27)10-19(11-18)31-21(33)16-1-3-23(4-2-16)14-32(15-23)13-22(12-30)5-7-24(28,29)8-6-22/h9-11,16,20H,1-8,13-15H2,(H,31,33). The highest BCUT2D eigenvalue weighted by Crippen LogP contribution is 2.49. The number of alkyl halides is 4. The summed E-state index contributed by atoms with van der Waals surface area (Å²) in [6.45, 7) is 2.10. The van der Waals surface area contributed by atoms with Crippen molar-refractivity contribution < 1.29 is 26.7 Å². The molecule has 0 unspecified atom stereocenters. The number of nitrogens with one attached hydrogen (secondary N) is 1. The Hall–Kier alpha value is -2.21. The van der Waals surface area contributed by atoms with Crippen molar-refractivity contribution in [1.29, 1.82) is 5.26 Å². The average Bonchev–Trinajstić information content (AvgIpc) is 2.74. The van der Waals surface area contributed by atoms with Crippen LogP contribution < -0.4 is 5.32 Å². The first-order valence-corrected chi connectivity index (χ1v) is 11.4. The number of likely N-dealkylation sites (tertiary alicyclic amines) is 1. The van der Waals surface area contributed by atoms with Gasteiger partial charge < -0.3 is 10.2 Å². The number of nitriles is 1. The Balaban J connectivity index is 1.26. The fraction of sp³-hybridized carbons (Fsp3) is 0.667. The van der Waals surface area contributed by atoms with Gasteiger partial charge in [0.25, 0.3) is 6.43 Å². The number of benzene rings is 1. The Morgan fingerprint density at radius 3 is 2.30 bits per heavy atom. The summed E-state index contributed by atoms with van der Waals surface area (Å²) < 4.78 is 66.4. The first-order chi connectivity index (χ1) is 15.5. The fourth-order valence-corrected chi connectivity index (χ4v) is 5.71. The lowest BCUT2D eigenvalue weighted by atomic mass is 9.64. The number of anilines is 1. The van der Waals surface area contributed by atoms with Gasteiger partial charge in [0, 0.05) is 49.6 Å². The van der Waals surface area contributed by atoms with E-state index in [1.807, 2.05) is 0 Å². The van der Waals surface area contributed by atoms with E-state index >= 15 is 0 Å². The van der Waals surface area contributed by atoms with Crippen LogP contribution in [0, 0.1) is 33.9 Å². The van der Waals surface area contributed by atoms with E-state index in [4.69, 9.17) is 0 Å². The van der Waals surface area contributed by atoms with Gasteiger partial charge in [-0.1, -0.05) is 0 Å². The molecule has 0 radical (unpaired) electrons. The van der Waals surface area contributed by atoms with Crippen LogP contribution in [-0.4, -0.2) is 36.4 Å². The van der Waals surface area contributed by atoms with Gasteiger partial charge in [-0.3, -0.25) is 4.79 Å². The number of nitrogens with zero attached hydrogens (tertiary/aromatic N) is 2. The van der Waals surface area contributed by atoms with Crippen LogP contribution in [0.1, 0.15) is 63.4 Å². The summed E-state index contributed by atoms with van der Waals surface area (Å²) >= 11 is 0. The number of rotatable bonds is 5. The minimum atomic E-state index is -2.82. The summed E-state index contributed by atoms with van der Waals surface area (Å²) in [7, 11) is 0. The molecule has 1 aliphatic heterocycles. The zero-order valence-electron chi connectivity index (χ0n) is 18.4. The Morgan fingerprint density at radius 2 is 1.73 bits per heavy atom. The summed E-state index contributed by atoms with van der Waals surface area (Å²) in [6.07, 6.45) is 0.0812. The van der Waals surface area contributed by atoms with Crippen LogP contribution in [0.4, 0.5) is 27.6 Å². The second-order valence-corrected chi connectivity index (χ2v) is 10.2. The quantitative estimate of drug-likeness (QED) is 0.545. The second-order valence-electron chi connectivity index (χ2n) is 10.2. The number of hydrogen-bond acceptors (Lipinski definition) is 3. The maximum Gasteiger partial charge on any atom is 0.264 e. The molecule has 33 heavy (non-hydrogen) atoms. The molecule has 3 fully saturated rings. The van der Waals surface area contributed by atoms with E-state index in [1.54, 1.807) is 0 Å². The smallest absolute Gasteiger partial charge is 0.264 e. The monoisotopic (exact) mass is 469 g/mol. The SMILES string of the molecule is N#CC1(CN2CC3(CCC(C(=O)Nc4cc(F)cc(C(F)F)c4)CC3)C2)CCC(F)(F)CC1. The van der Waals surface area contributed by atoms with Crippen LogP contribution in [0.2, 0.25) is 0 Å². The second kappa shape index (κ2) is 8.86. The molecular formula is C24H28F5N3O. The van der Waals surface area contributed by atoms with Gasteiger partial charge in [-0.05, 0) is 62.1 Å². The number of carbonyl (C=O) groups is 1. The van der Waals surface area contributed by atoms with E-state index in [0.29, 0.717) is 19.4 Å². The van der Waals surface area contributed by atoms with Gasteiger partial charge in [-0.25, -0.2) is 22.0 Å². The molecule has 0 atom stereocenters. The lowest BCUT2D eigenvalue weighted by Crippen LogP contribution is -2.60. The molecule has 1 amide bonds.